The van der Waals surface area contributed by atoms with Crippen molar-refractivity contribution in [2.75, 3.05) is 24.6 Å². The summed E-state index contributed by atoms with van der Waals surface area (Å²) in [6, 6.07) is 1.28. The molecule has 2 unspecified atom stereocenters. The van der Waals surface area contributed by atoms with Crippen molar-refractivity contribution in [3.8, 4) is 0 Å². The van der Waals surface area contributed by atoms with Crippen molar-refractivity contribution in [1.82, 2.24) is 4.98 Å². The average Bonchev–Trinajstić information content (AvgIpc) is 2.37. The predicted molar refractivity (Wildman–Crippen MR) is 69.5 cm³/mol. The van der Waals surface area contributed by atoms with Crippen LogP contribution in [0.4, 0.5) is 11.5 Å². The lowest BCUT2D eigenvalue weighted by Crippen LogP contribution is -2.48. The van der Waals surface area contributed by atoms with Crippen LogP contribution in [-0.4, -0.2) is 46.9 Å². The van der Waals surface area contributed by atoms with E-state index < -0.39 is 4.92 Å². The van der Waals surface area contributed by atoms with Crippen LogP contribution in [0.3, 0.4) is 0 Å². The molecule has 2 atom stereocenters. The molecule has 0 saturated carbocycles. The van der Waals surface area contributed by atoms with E-state index in [4.69, 9.17) is 21.4 Å². The molecule has 2 heterocycles. The average molecular weight is 288 g/mol. The van der Waals surface area contributed by atoms with E-state index in [1.54, 1.807) is 0 Å². The highest BCUT2D eigenvalue weighted by Crippen LogP contribution is 2.29. The summed E-state index contributed by atoms with van der Waals surface area (Å²) in [7, 11) is 0. The van der Waals surface area contributed by atoms with Crippen molar-refractivity contribution in [1.29, 1.82) is 0 Å². The molecule has 0 bridgehead atoms. The molecule has 0 amide bonds. The van der Waals surface area contributed by atoms with Crippen molar-refractivity contribution in [2.45, 2.75) is 19.1 Å². The van der Waals surface area contributed by atoms with E-state index in [0.29, 0.717) is 18.9 Å². The van der Waals surface area contributed by atoms with Gasteiger partial charge in [0.15, 0.2) is 0 Å². The molecule has 0 radical (unpaired) electrons. The summed E-state index contributed by atoms with van der Waals surface area (Å²) in [4.78, 5) is 16.0. The minimum atomic E-state index is -0.541. The van der Waals surface area contributed by atoms with Crippen LogP contribution in [0.1, 0.15) is 6.92 Å². The third-order valence-corrected chi connectivity index (χ3v) is 3.13. The minimum Gasteiger partial charge on any atom is -0.394 e. The third kappa shape index (κ3) is 3.12. The summed E-state index contributed by atoms with van der Waals surface area (Å²) < 4.78 is 5.52. The highest BCUT2D eigenvalue weighted by Gasteiger charge is 2.27. The summed E-state index contributed by atoms with van der Waals surface area (Å²) in [5.41, 5.74) is -0.145. The summed E-state index contributed by atoms with van der Waals surface area (Å²) in [5, 5.41) is 20.0. The number of nitrogens with zero attached hydrogens (tertiary/aromatic N) is 3. The molecular weight excluding hydrogens is 274 g/mol. The Morgan fingerprint density at radius 1 is 1.68 bits per heavy atom. The Kier molecular flexibility index (Phi) is 4.18. The van der Waals surface area contributed by atoms with Crippen LogP contribution in [0, 0.1) is 10.1 Å². The van der Waals surface area contributed by atoms with Gasteiger partial charge in [-0.05, 0) is 6.92 Å². The number of pyridine rings is 1. The van der Waals surface area contributed by atoms with Crippen LogP contribution < -0.4 is 4.90 Å². The van der Waals surface area contributed by atoms with E-state index in [0.717, 1.165) is 0 Å². The maximum Gasteiger partial charge on any atom is 0.289 e. The number of morpholine rings is 1. The second-order valence-corrected chi connectivity index (χ2v) is 4.82. The lowest BCUT2D eigenvalue weighted by Gasteiger charge is -2.37. The molecular formula is C11H14ClN3O4. The topological polar surface area (TPSA) is 88.7 Å². The number of rotatable bonds is 3. The van der Waals surface area contributed by atoms with Crippen LogP contribution in [0.25, 0.3) is 0 Å². The maximum absolute atomic E-state index is 10.6. The molecule has 1 N–H and O–H groups in total. The van der Waals surface area contributed by atoms with Gasteiger partial charge in [-0.3, -0.25) is 10.1 Å². The normalized spacial score (nSPS) is 23.4. The molecule has 1 saturated heterocycles. The Bertz CT molecular complexity index is 485. The number of aliphatic hydroxyl groups is 1. The number of aromatic nitrogens is 1. The third-order valence-electron chi connectivity index (χ3n) is 2.85. The second kappa shape index (κ2) is 5.68. The first-order chi connectivity index (χ1) is 9.01. The Balaban J connectivity index is 2.23. The largest absolute Gasteiger partial charge is 0.394 e. The number of halogens is 1. The number of anilines is 1. The van der Waals surface area contributed by atoms with Gasteiger partial charge in [0.25, 0.3) is 5.69 Å². The second-order valence-electron chi connectivity index (χ2n) is 4.41. The van der Waals surface area contributed by atoms with Crippen LogP contribution in [0.2, 0.25) is 5.02 Å². The first kappa shape index (κ1) is 14.0. The monoisotopic (exact) mass is 287 g/mol. The van der Waals surface area contributed by atoms with Gasteiger partial charge in [-0.1, -0.05) is 11.6 Å². The smallest absolute Gasteiger partial charge is 0.289 e. The molecule has 19 heavy (non-hydrogen) atoms. The van der Waals surface area contributed by atoms with E-state index in [2.05, 4.69) is 4.98 Å². The van der Waals surface area contributed by atoms with Crippen LogP contribution in [0.5, 0.6) is 0 Å². The van der Waals surface area contributed by atoms with Crippen molar-refractivity contribution >= 4 is 23.1 Å². The van der Waals surface area contributed by atoms with Crippen LogP contribution in [-0.2, 0) is 4.74 Å². The molecule has 1 aromatic heterocycles. The van der Waals surface area contributed by atoms with Gasteiger partial charge < -0.3 is 14.7 Å². The SMILES string of the molecule is CC1CN(c2ncc([N+](=O)[O-])cc2Cl)CC(CO)O1. The Morgan fingerprint density at radius 3 is 3.00 bits per heavy atom. The van der Waals surface area contributed by atoms with Crippen LogP contribution >= 0.6 is 11.6 Å². The molecule has 104 valence electrons. The quantitative estimate of drug-likeness (QED) is 0.664. The van der Waals surface area contributed by atoms with E-state index in [1.807, 2.05) is 11.8 Å². The molecule has 1 fully saturated rings. The zero-order valence-electron chi connectivity index (χ0n) is 10.3. The van der Waals surface area contributed by atoms with Gasteiger partial charge in [0.05, 0.1) is 28.8 Å². The van der Waals surface area contributed by atoms with Crippen LogP contribution in [0.15, 0.2) is 12.3 Å². The number of aliphatic hydroxyl groups excluding tert-OH is 1. The summed E-state index contributed by atoms with van der Waals surface area (Å²) >= 11 is 6.03. The van der Waals surface area contributed by atoms with Gasteiger partial charge in [0.2, 0.25) is 0 Å². The summed E-state index contributed by atoms with van der Waals surface area (Å²) in [5.74, 6) is 0.473. The van der Waals surface area contributed by atoms with E-state index >= 15 is 0 Å². The Morgan fingerprint density at radius 2 is 2.42 bits per heavy atom. The molecule has 1 aliphatic heterocycles. The fraction of sp³-hybridized carbons (Fsp3) is 0.545. The molecule has 2 rings (SSSR count). The molecule has 1 aromatic rings. The number of ether oxygens (including phenoxy) is 1. The molecule has 0 aromatic carbocycles. The highest BCUT2D eigenvalue weighted by molar-refractivity contribution is 6.33. The van der Waals surface area contributed by atoms with Gasteiger partial charge in [0.1, 0.15) is 12.0 Å². The van der Waals surface area contributed by atoms with Crippen molar-refractivity contribution in [3.05, 3.63) is 27.4 Å². The number of hydrogen-bond donors (Lipinski definition) is 1. The summed E-state index contributed by atoms with van der Waals surface area (Å²) in [6.07, 6.45) is 0.797. The van der Waals surface area contributed by atoms with E-state index in [-0.39, 0.29) is 29.5 Å². The van der Waals surface area contributed by atoms with Crippen molar-refractivity contribution in [3.63, 3.8) is 0 Å². The van der Waals surface area contributed by atoms with Gasteiger partial charge in [-0.15, -0.1) is 0 Å². The number of hydrogen-bond acceptors (Lipinski definition) is 6. The lowest BCUT2D eigenvalue weighted by molar-refractivity contribution is -0.385. The zero-order chi connectivity index (χ0) is 14.0. The first-order valence-electron chi connectivity index (χ1n) is 5.82. The van der Waals surface area contributed by atoms with Gasteiger partial charge in [0, 0.05) is 19.2 Å². The summed E-state index contributed by atoms with van der Waals surface area (Å²) in [6.45, 7) is 2.81. The molecule has 8 heteroatoms. The van der Waals surface area contributed by atoms with Gasteiger partial charge in [-0.2, -0.15) is 0 Å². The lowest BCUT2D eigenvalue weighted by atomic mass is 10.2. The van der Waals surface area contributed by atoms with E-state index in [9.17, 15) is 10.1 Å². The molecule has 0 aliphatic carbocycles. The standard InChI is InChI=1S/C11H14ClN3O4/c1-7-4-14(5-9(6-16)19-7)11-10(12)2-8(3-13-11)15(17)18/h2-3,7,9,16H,4-6H2,1H3. The minimum absolute atomic E-state index is 0.0704. The van der Waals surface area contributed by atoms with Gasteiger partial charge in [-0.25, -0.2) is 4.98 Å². The Labute approximate surface area is 114 Å². The number of nitro groups is 1. The maximum atomic E-state index is 10.6. The molecule has 7 nitrogen and oxygen atoms in total. The highest BCUT2D eigenvalue weighted by atomic mass is 35.5. The fourth-order valence-electron chi connectivity index (χ4n) is 2.07. The van der Waals surface area contributed by atoms with E-state index in [1.165, 1.54) is 12.3 Å². The molecule has 0 spiro atoms. The molecule has 1 aliphatic rings. The zero-order valence-corrected chi connectivity index (χ0v) is 11.1. The Hall–Kier alpha value is -1.44. The first-order valence-corrected chi connectivity index (χ1v) is 6.20. The van der Waals surface area contributed by atoms with Gasteiger partial charge >= 0.3 is 0 Å². The van der Waals surface area contributed by atoms with Crippen molar-refractivity contribution in [2.24, 2.45) is 0 Å². The van der Waals surface area contributed by atoms with Crippen molar-refractivity contribution < 1.29 is 14.8 Å². The fourth-order valence-corrected chi connectivity index (χ4v) is 2.35. The predicted octanol–water partition coefficient (Wildman–Crippen LogP) is 1.23.